The number of hydrogen-bond donors (Lipinski definition) is 1. The summed E-state index contributed by atoms with van der Waals surface area (Å²) in [5.74, 6) is 1.51. The number of carbonyl (C=O) groups excluding carboxylic acids is 1. The number of hydrogen-bond acceptors (Lipinski definition) is 3. The van der Waals surface area contributed by atoms with Gasteiger partial charge in [0, 0.05) is 13.0 Å². The number of carbonyl (C=O) groups is 1. The molecule has 1 saturated heterocycles. The third-order valence-electron chi connectivity index (χ3n) is 4.05. The fourth-order valence-electron chi connectivity index (χ4n) is 2.56. The normalized spacial score (nSPS) is 21.2. The van der Waals surface area contributed by atoms with Crippen molar-refractivity contribution in [3.05, 3.63) is 24.3 Å². The molecule has 1 aromatic carbocycles. The molecular weight excluding hydrogens is 266 g/mol. The van der Waals surface area contributed by atoms with Crippen molar-refractivity contribution in [1.29, 1.82) is 0 Å². The average Bonchev–Trinajstić information content (AvgIpc) is 3.18. The van der Waals surface area contributed by atoms with Gasteiger partial charge >= 0.3 is 0 Å². The van der Waals surface area contributed by atoms with Crippen LogP contribution >= 0.6 is 0 Å². The summed E-state index contributed by atoms with van der Waals surface area (Å²) < 4.78 is 11.3. The molecule has 114 valence electrons. The van der Waals surface area contributed by atoms with Crippen molar-refractivity contribution in [1.82, 2.24) is 0 Å². The predicted octanol–water partition coefficient (Wildman–Crippen LogP) is 3.37. The Morgan fingerprint density at radius 1 is 1.29 bits per heavy atom. The molecule has 2 fully saturated rings. The van der Waals surface area contributed by atoms with E-state index in [4.69, 9.17) is 9.47 Å². The van der Waals surface area contributed by atoms with Crippen molar-refractivity contribution in [3.8, 4) is 5.75 Å². The van der Waals surface area contributed by atoms with Crippen LogP contribution in [0, 0.1) is 5.92 Å². The largest absolute Gasteiger partial charge is 0.491 e. The van der Waals surface area contributed by atoms with Gasteiger partial charge in [-0.05, 0) is 50.2 Å². The number of anilines is 1. The number of para-hydroxylation sites is 2. The summed E-state index contributed by atoms with van der Waals surface area (Å²) in [6, 6.07) is 7.66. The molecule has 1 aliphatic carbocycles. The van der Waals surface area contributed by atoms with E-state index in [0.717, 1.165) is 43.9 Å². The smallest absolute Gasteiger partial charge is 0.224 e. The first-order valence-corrected chi connectivity index (χ1v) is 7.94. The van der Waals surface area contributed by atoms with Crippen molar-refractivity contribution in [2.24, 2.45) is 5.92 Å². The Labute approximate surface area is 125 Å². The Kier molecular flexibility index (Phi) is 4.76. The second kappa shape index (κ2) is 6.94. The molecule has 1 aromatic rings. The van der Waals surface area contributed by atoms with Gasteiger partial charge in [-0.2, -0.15) is 0 Å². The van der Waals surface area contributed by atoms with Crippen LogP contribution in [-0.4, -0.2) is 25.2 Å². The van der Waals surface area contributed by atoms with Gasteiger partial charge in [-0.1, -0.05) is 12.1 Å². The van der Waals surface area contributed by atoms with Crippen LogP contribution in [0.3, 0.4) is 0 Å². The molecule has 0 spiro atoms. The topological polar surface area (TPSA) is 47.6 Å². The van der Waals surface area contributed by atoms with Gasteiger partial charge in [0.15, 0.2) is 0 Å². The van der Waals surface area contributed by atoms with Crippen LogP contribution in [0.2, 0.25) is 0 Å². The summed E-state index contributed by atoms with van der Waals surface area (Å²) >= 11 is 0. The van der Waals surface area contributed by atoms with Gasteiger partial charge in [0.25, 0.3) is 0 Å². The van der Waals surface area contributed by atoms with E-state index in [1.165, 1.54) is 12.8 Å². The highest BCUT2D eigenvalue weighted by molar-refractivity contribution is 5.92. The minimum absolute atomic E-state index is 0.0352. The Hall–Kier alpha value is -1.55. The van der Waals surface area contributed by atoms with E-state index >= 15 is 0 Å². The molecule has 4 heteroatoms. The second-order valence-electron chi connectivity index (χ2n) is 5.97. The molecule has 1 N–H and O–H groups in total. The Morgan fingerprint density at radius 2 is 2.14 bits per heavy atom. The molecule has 4 nitrogen and oxygen atoms in total. The highest BCUT2D eigenvalue weighted by atomic mass is 16.5. The van der Waals surface area contributed by atoms with Gasteiger partial charge in [-0.3, -0.25) is 4.79 Å². The maximum Gasteiger partial charge on any atom is 0.224 e. The average molecular weight is 289 g/mol. The summed E-state index contributed by atoms with van der Waals surface area (Å²) in [5.41, 5.74) is 0.774. The first-order valence-electron chi connectivity index (χ1n) is 7.94. The van der Waals surface area contributed by atoms with E-state index in [2.05, 4.69) is 5.32 Å². The first-order chi connectivity index (χ1) is 10.3. The Morgan fingerprint density at radius 3 is 2.90 bits per heavy atom. The van der Waals surface area contributed by atoms with Crippen molar-refractivity contribution in [2.75, 3.05) is 18.5 Å². The molecule has 1 unspecified atom stereocenters. The zero-order chi connectivity index (χ0) is 14.5. The molecule has 1 aliphatic heterocycles. The van der Waals surface area contributed by atoms with Crippen LogP contribution in [0.15, 0.2) is 24.3 Å². The lowest BCUT2D eigenvalue weighted by molar-refractivity contribution is -0.116. The Bertz CT molecular complexity index is 479. The summed E-state index contributed by atoms with van der Waals surface area (Å²) in [6.45, 7) is 1.59. The minimum atomic E-state index is 0.0352. The van der Waals surface area contributed by atoms with Crippen molar-refractivity contribution >= 4 is 11.6 Å². The standard InChI is InChI=1S/C17H23NO3/c19-17(10-9-14-4-3-11-20-14)18-15-5-1-2-6-16(15)21-12-13-7-8-13/h1-2,5-6,13-14H,3-4,7-12H2,(H,18,19). The molecule has 0 aromatic heterocycles. The second-order valence-corrected chi connectivity index (χ2v) is 5.97. The minimum Gasteiger partial charge on any atom is -0.491 e. The molecule has 21 heavy (non-hydrogen) atoms. The van der Waals surface area contributed by atoms with Crippen LogP contribution in [0.4, 0.5) is 5.69 Å². The highest BCUT2D eigenvalue weighted by Gasteiger charge is 2.22. The molecule has 1 amide bonds. The van der Waals surface area contributed by atoms with Gasteiger partial charge in [-0.25, -0.2) is 0 Å². The van der Waals surface area contributed by atoms with Gasteiger partial charge in [0.2, 0.25) is 5.91 Å². The molecule has 0 bridgehead atoms. The SMILES string of the molecule is O=C(CCC1CCCO1)Nc1ccccc1OCC1CC1. The van der Waals surface area contributed by atoms with Crippen LogP contribution < -0.4 is 10.1 Å². The third kappa shape index (κ3) is 4.46. The van der Waals surface area contributed by atoms with Crippen LogP contribution in [0.25, 0.3) is 0 Å². The van der Waals surface area contributed by atoms with E-state index in [9.17, 15) is 4.79 Å². The number of amides is 1. The fraction of sp³-hybridized carbons (Fsp3) is 0.588. The summed E-state index contributed by atoms with van der Waals surface area (Å²) in [7, 11) is 0. The van der Waals surface area contributed by atoms with E-state index in [-0.39, 0.29) is 12.0 Å². The van der Waals surface area contributed by atoms with E-state index in [1.54, 1.807) is 0 Å². The fourth-order valence-corrected chi connectivity index (χ4v) is 2.56. The lowest BCUT2D eigenvalue weighted by atomic mass is 10.1. The maximum atomic E-state index is 12.0. The molecule has 0 radical (unpaired) electrons. The zero-order valence-corrected chi connectivity index (χ0v) is 12.3. The molecule has 2 aliphatic rings. The number of ether oxygens (including phenoxy) is 2. The van der Waals surface area contributed by atoms with Crippen LogP contribution in [0.5, 0.6) is 5.75 Å². The van der Waals surface area contributed by atoms with Gasteiger partial charge in [0.05, 0.1) is 18.4 Å². The lowest BCUT2D eigenvalue weighted by Crippen LogP contribution is -2.16. The van der Waals surface area contributed by atoms with E-state index in [1.807, 2.05) is 24.3 Å². The molecule has 1 atom stereocenters. The zero-order valence-electron chi connectivity index (χ0n) is 12.3. The molecule has 1 saturated carbocycles. The maximum absolute atomic E-state index is 12.0. The van der Waals surface area contributed by atoms with Gasteiger partial charge < -0.3 is 14.8 Å². The third-order valence-corrected chi connectivity index (χ3v) is 4.05. The van der Waals surface area contributed by atoms with Crippen LogP contribution in [-0.2, 0) is 9.53 Å². The van der Waals surface area contributed by atoms with Crippen molar-refractivity contribution in [3.63, 3.8) is 0 Å². The molecule has 3 rings (SSSR count). The summed E-state index contributed by atoms with van der Waals surface area (Å²) in [6.07, 6.45) is 6.28. The van der Waals surface area contributed by atoms with Gasteiger partial charge in [-0.15, -0.1) is 0 Å². The summed E-state index contributed by atoms with van der Waals surface area (Å²) in [5, 5.41) is 2.96. The monoisotopic (exact) mass is 289 g/mol. The van der Waals surface area contributed by atoms with E-state index in [0.29, 0.717) is 12.3 Å². The number of benzene rings is 1. The number of nitrogens with one attached hydrogen (secondary N) is 1. The van der Waals surface area contributed by atoms with Crippen molar-refractivity contribution < 1.29 is 14.3 Å². The highest BCUT2D eigenvalue weighted by Crippen LogP contribution is 2.31. The lowest BCUT2D eigenvalue weighted by Gasteiger charge is -2.13. The van der Waals surface area contributed by atoms with E-state index < -0.39 is 0 Å². The number of rotatable bonds is 7. The molecular formula is C17H23NO3. The Balaban J connectivity index is 1.49. The first kappa shape index (κ1) is 14.4. The molecule has 1 heterocycles. The quantitative estimate of drug-likeness (QED) is 0.837. The van der Waals surface area contributed by atoms with Crippen LogP contribution in [0.1, 0.15) is 38.5 Å². The predicted molar refractivity (Wildman–Crippen MR) is 81.5 cm³/mol. The summed E-state index contributed by atoms with van der Waals surface area (Å²) in [4.78, 5) is 12.0. The van der Waals surface area contributed by atoms with Gasteiger partial charge in [0.1, 0.15) is 5.75 Å². The van der Waals surface area contributed by atoms with Crippen molar-refractivity contribution in [2.45, 2.75) is 44.6 Å².